The lowest BCUT2D eigenvalue weighted by atomic mass is 10.1. The summed E-state index contributed by atoms with van der Waals surface area (Å²) in [7, 11) is 0. The summed E-state index contributed by atoms with van der Waals surface area (Å²) in [5.41, 5.74) is -0.644. The van der Waals surface area contributed by atoms with Crippen LogP contribution in [0.15, 0.2) is 0 Å². The fourth-order valence-electron chi connectivity index (χ4n) is 3.91. The summed E-state index contributed by atoms with van der Waals surface area (Å²) >= 11 is 0. The Balaban J connectivity index is 1.55. The first kappa shape index (κ1) is 19.3. The zero-order valence-electron chi connectivity index (χ0n) is 15.3. The molecular weight excluding hydrogens is 351 g/mol. The Morgan fingerprint density at radius 2 is 1.88 bits per heavy atom. The van der Waals surface area contributed by atoms with Gasteiger partial charge in [-0.3, -0.25) is 14.6 Å². The molecule has 2 heterocycles. The highest BCUT2D eigenvalue weighted by Crippen LogP contribution is 2.48. The van der Waals surface area contributed by atoms with Crippen molar-refractivity contribution in [2.75, 3.05) is 19.6 Å². The van der Waals surface area contributed by atoms with Crippen molar-refractivity contribution in [3.63, 3.8) is 0 Å². The van der Waals surface area contributed by atoms with Crippen LogP contribution in [-0.2, 0) is 9.53 Å². The average molecular weight is 377 g/mol. The minimum Gasteiger partial charge on any atom is -0.444 e. The minimum absolute atomic E-state index is 0.0471. The maximum absolute atomic E-state index is 12.6. The van der Waals surface area contributed by atoms with Crippen molar-refractivity contribution in [3.05, 3.63) is 0 Å². The van der Waals surface area contributed by atoms with E-state index in [9.17, 15) is 22.8 Å². The Morgan fingerprint density at radius 1 is 1.19 bits per heavy atom. The van der Waals surface area contributed by atoms with Gasteiger partial charge in [0.2, 0.25) is 5.91 Å². The quantitative estimate of drug-likeness (QED) is 0.819. The molecule has 9 heteroatoms. The first-order valence-corrected chi connectivity index (χ1v) is 9.04. The number of carbonyl (C=O) groups is 2. The molecule has 1 unspecified atom stereocenters. The van der Waals surface area contributed by atoms with Gasteiger partial charge >= 0.3 is 12.3 Å². The number of hydrogen-bond donors (Lipinski definition) is 1. The van der Waals surface area contributed by atoms with E-state index >= 15 is 0 Å². The first-order chi connectivity index (χ1) is 11.9. The normalized spacial score (nSPS) is 31.7. The van der Waals surface area contributed by atoms with Gasteiger partial charge in [0.1, 0.15) is 11.6 Å². The standard InChI is InChI=1S/C17H26F3N3O3/c1-16(2,3)26-15(25)23-12-6-10(12)7-13(23)14(24)21-11-4-5-22(8-11)9-17(18,19)20/h10-13H,4-9H2,1-3H3,(H,21,24)/t10-,11?,12-,13+/m1/s1. The number of rotatable bonds is 3. The van der Waals surface area contributed by atoms with Gasteiger partial charge in [-0.05, 0) is 46.0 Å². The third-order valence-corrected chi connectivity index (χ3v) is 5.03. The van der Waals surface area contributed by atoms with Crippen LogP contribution in [0.25, 0.3) is 0 Å². The van der Waals surface area contributed by atoms with Crippen LogP contribution in [-0.4, -0.2) is 71.3 Å². The molecule has 0 aromatic heterocycles. The molecule has 2 saturated heterocycles. The van der Waals surface area contributed by atoms with Gasteiger partial charge in [-0.15, -0.1) is 0 Å². The molecule has 4 atom stereocenters. The third kappa shape index (κ3) is 4.61. The van der Waals surface area contributed by atoms with E-state index in [2.05, 4.69) is 5.32 Å². The van der Waals surface area contributed by atoms with Crippen LogP contribution in [0.5, 0.6) is 0 Å². The van der Waals surface area contributed by atoms with Gasteiger partial charge in [0.25, 0.3) is 0 Å². The van der Waals surface area contributed by atoms with Crippen LogP contribution in [0.1, 0.15) is 40.0 Å². The Hall–Kier alpha value is -1.51. The van der Waals surface area contributed by atoms with Gasteiger partial charge in [-0.1, -0.05) is 0 Å². The van der Waals surface area contributed by atoms with E-state index < -0.39 is 30.5 Å². The van der Waals surface area contributed by atoms with E-state index in [0.717, 1.165) is 6.42 Å². The van der Waals surface area contributed by atoms with Gasteiger partial charge in [0.15, 0.2) is 0 Å². The van der Waals surface area contributed by atoms with Crippen LogP contribution in [0.3, 0.4) is 0 Å². The molecule has 6 nitrogen and oxygen atoms in total. The minimum atomic E-state index is -4.24. The summed E-state index contributed by atoms with van der Waals surface area (Å²) in [5, 5.41) is 2.83. The molecule has 1 saturated carbocycles. The summed E-state index contributed by atoms with van der Waals surface area (Å²) in [6.07, 6.45) is -2.78. The second kappa shape index (κ2) is 6.58. The number of hydrogen-bond acceptors (Lipinski definition) is 4. The molecule has 0 spiro atoms. The Kier molecular flexibility index (Phi) is 4.87. The number of nitrogens with zero attached hydrogens (tertiary/aromatic N) is 2. The fourth-order valence-corrected chi connectivity index (χ4v) is 3.91. The number of likely N-dealkylation sites (tertiary alicyclic amines) is 2. The highest BCUT2D eigenvalue weighted by atomic mass is 19.4. The fraction of sp³-hybridized carbons (Fsp3) is 0.882. The maximum atomic E-state index is 12.6. The van der Waals surface area contributed by atoms with E-state index in [4.69, 9.17) is 4.74 Å². The van der Waals surface area contributed by atoms with Crippen LogP contribution in [0, 0.1) is 5.92 Å². The smallest absolute Gasteiger partial charge is 0.411 e. The van der Waals surface area contributed by atoms with Crippen molar-refractivity contribution in [2.24, 2.45) is 5.92 Å². The van der Waals surface area contributed by atoms with Crippen molar-refractivity contribution in [2.45, 2.75) is 69.9 Å². The zero-order chi connectivity index (χ0) is 19.3. The van der Waals surface area contributed by atoms with Gasteiger partial charge in [0.05, 0.1) is 6.54 Å². The molecule has 0 aromatic carbocycles. The summed E-state index contributed by atoms with van der Waals surface area (Å²) in [4.78, 5) is 27.9. The summed E-state index contributed by atoms with van der Waals surface area (Å²) < 4.78 is 42.9. The van der Waals surface area contributed by atoms with Crippen LogP contribution in [0.2, 0.25) is 0 Å². The molecule has 148 valence electrons. The number of amides is 2. The van der Waals surface area contributed by atoms with E-state index in [1.165, 1.54) is 9.80 Å². The number of alkyl halides is 3. The number of carbonyl (C=O) groups excluding carboxylic acids is 2. The lowest BCUT2D eigenvalue weighted by Crippen LogP contribution is -2.52. The molecule has 0 bridgehead atoms. The van der Waals surface area contributed by atoms with Crippen LogP contribution >= 0.6 is 0 Å². The summed E-state index contributed by atoms with van der Waals surface area (Å²) in [5.74, 6) is 0.0329. The SMILES string of the molecule is CC(C)(C)OC(=O)N1[C@@H]2C[C@@H]2C[C@H]1C(=O)NC1CCN(CC(F)(F)F)C1. The predicted molar refractivity (Wildman–Crippen MR) is 87.4 cm³/mol. The molecule has 0 radical (unpaired) electrons. The van der Waals surface area contributed by atoms with E-state index in [0.29, 0.717) is 25.3 Å². The monoisotopic (exact) mass is 377 g/mol. The number of ether oxygens (including phenoxy) is 1. The Labute approximate surface area is 151 Å². The van der Waals surface area contributed by atoms with Crippen LogP contribution in [0.4, 0.5) is 18.0 Å². The lowest BCUT2D eigenvalue weighted by Gasteiger charge is -2.30. The Bertz CT molecular complexity index is 576. The van der Waals surface area contributed by atoms with Crippen molar-refractivity contribution >= 4 is 12.0 Å². The number of nitrogens with one attached hydrogen (secondary N) is 1. The predicted octanol–water partition coefficient (Wildman–Crippen LogP) is 2.14. The van der Waals surface area contributed by atoms with Crippen molar-refractivity contribution in [3.8, 4) is 0 Å². The van der Waals surface area contributed by atoms with E-state index in [1.54, 1.807) is 20.8 Å². The molecule has 3 rings (SSSR count). The first-order valence-electron chi connectivity index (χ1n) is 9.04. The van der Waals surface area contributed by atoms with Gasteiger partial charge in [-0.2, -0.15) is 13.2 Å². The highest BCUT2D eigenvalue weighted by molar-refractivity contribution is 5.87. The summed E-state index contributed by atoms with van der Waals surface area (Å²) in [6.45, 7) is 4.83. The molecule has 2 amide bonds. The third-order valence-electron chi connectivity index (χ3n) is 5.03. The molecular formula is C17H26F3N3O3. The van der Waals surface area contributed by atoms with Gasteiger partial charge in [0, 0.05) is 25.2 Å². The van der Waals surface area contributed by atoms with Crippen molar-refractivity contribution in [1.29, 1.82) is 0 Å². The molecule has 3 aliphatic rings. The van der Waals surface area contributed by atoms with Gasteiger partial charge in [-0.25, -0.2) is 4.79 Å². The summed E-state index contributed by atoms with van der Waals surface area (Å²) in [6, 6.07) is -0.863. The molecule has 1 aliphatic carbocycles. The van der Waals surface area contributed by atoms with Crippen molar-refractivity contribution in [1.82, 2.24) is 15.1 Å². The molecule has 2 aliphatic heterocycles. The molecule has 0 aromatic rings. The largest absolute Gasteiger partial charge is 0.444 e. The van der Waals surface area contributed by atoms with E-state index in [1.807, 2.05) is 0 Å². The van der Waals surface area contributed by atoms with Crippen molar-refractivity contribution < 1.29 is 27.5 Å². The topological polar surface area (TPSA) is 61.9 Å². The number of piperidine rings is 1. The second-order valence-corrected chi connectivity index (χ2v) is 8.55. The average Bonchev–Trinajstić information content (AvgIpc) is 2.89. The number of fused-ring (bicyclic) bond motifs is 1. The maximum Gasteiger partial charge on any atom is 0.411 e. The second-order valence-electron chi connectivity index (χ2n) is 8.55. The molecule has 26 heavy (non-hydrogen) atoms. The number of halogens is 3. The van der Waals surface area contributed by atoms with E-state index in [-0.39, 0.29) is 24.5 Å². The molecule has 3 fully saturated rings. The lowest BCUT2D eigenvalue weighted by molar-refractivity contribution is -0.143. The zero-order valence-corrected chi connectivity index (χ0v) is 15.3. The highest BCUT2D eigenvalue weighted by Gasteiger charge is 2.57. The van der Waals surface area contributed by atoms with Gasteiger partial charge < -0.3 is 10.1 Å². The Morgan fingerprint density at radius 3 is 2.50 bits per heavy atom. The van der Waals surface area contributed by atoms with Crippen LogP contribution < -0.4 is 5.32 Å². The molecule has 1 N–H and O–H groups in total.